The van der Waals surface area contributed by atoms with Crippen LogP contribution in [0.2, 0.25) is 0 Å². The number of carbonyl (C=O) groups is 4. The van der Waals surface area contributed by atoms with Gasteiger partial charge in [-0.2, -0.15) is 0 Å². The molecule has 8 rings (SSSR count). The van der Waals surface area contributed by atoms with Crippen molar-refractivity contribution in [1.29, 1.82) is 0 Å². The highest BCUT2D eigenvalue weighted by Gasteiger charge is 2.40. The van der Waals surface area contributed by atoms with E-state index in [2.05, 4.69) is 125 Å². The molecule has 9 nitrogen and oxygen atoms in total. The van der Waals surface area contributed by atoms with Gasteiger partial charge in [0.15, 0.2) is 0 Å². The van der Waals surface area contributed by atoms with Crippen molar-refractivity contribution < 1.29 is 29.0 Å². The molecule has 372 valence electrons. The summed E-state index contributed by atoms with van der Waals surface area (Å²) >= 11 is 3.29. The monoisotopic (exact) mass is 1010 g/mol. The number of amides is 3. The van der Waals surface area contributed by atoms with Crippen molar-refractivity contribution in [3.63, 3.8) is 0 Å². The molecule has 1 fully saturated rings. The molecule has 5 atom stereocenters. The minimum atomic E-state index is -1.39. The number of allylic oxidation sites excluding steroid dienone is 1. The summed E-state index contributed by atoms with van der Waals surface area (Å²) in [5.74, 6) is -1.65. The van der Waals surface area contributed by atoms with Crippen molar-refractivity contribution in [2.45, 2.75) is 72.4 Å². The van der Waals surface area contributed by atoms with Gasteiger partial charge in [-0.05, 0) is 70.5 Å². The van der Waals surface area contributed by atoms with E-state index in [9.17, 15) is 24.3 Å². The number of rotatable bonds is 16. The van der Waals surface area contributed by atoms with Crippen LogP contribution >= 0.6 is 23.5 Å². The molecular weight excluding hydrogens is 947 g/mol. The van der Waals surface area contributed by atoms with E-state index in [4.69, 9.17) is 4.74 Å². The van der Waals surface area contributed by atoms with Crippen molar-refractivity contribution in [3.05, 3.63) is 263 Å². The molecule has 1 heterocycles. The van der Waals surface area contributed by atoms with E-state index in [1.54, 1.807) is 24.8 Å². The Labute approximate surface area is 437 Å². The predicted octanol–water partition coefficient (Wildman–Crippen LogP) is 10.2. The zero-order chi connectivity index (χ0) is 50.9. The molecule has 0 spiro atoms. The molecular formula is C62H61N3O6S2. The molecule has 1 aliphatic heterocycles. The Morgan fingerprint density at radius 2 is 0.945 bits per heavy atom. The van der Waals surface area contributed by atoms with Crippen LogP contribution in [0.15, 0.2) is 224 Å². The lowest BCUT2D eigenvalue weighted by Crippen LogP contribution is -2.57. The van der Waals surface area contributed by atoms with Gasteiger partial charge in [0.05, 0.1) is 34.5 Å². The van der Waals surface area contributed by atoms with Crippen LogP contribution in [0.1, 0.15) is 65.1 Å². The molecule has 0 saturated carbocycles. The van der Waals surface area contributed by atoms with Crippen LogP contribution in [0.25, 0.3) is 0 Å². The summed E-state index contributed by atoms with van der Waals surface area (Å²) in [6.07, 6.45) is 1.23. The molecule has 4 N–H and O–H groups in total. The van der Waals surface area contributed by atoms with Gasteiger partial charge in [-0.1, -0.05) is 218 Å². The fourth-order valence-electron chi connectivity index (χ4n) is 9.42. The molecule has 0 bridgehead atoms. The first-order chi connectivity index (χ1) is 35.7. The maximum atomic E-state index is 14.8. The topological polar surface area (TPSA) is 134 Å². The lowest BCUT2D eigenvalue weighted by Gasteiger charge is -2.37. The number of hydrogen-bond acceptors (Lipinski definition) is 8. The Balaban J connectivity index is 1.06. The van der Waals surface area contributed by atoms with Crippen LogP contribution in [0.3, 0.4) is 0 Å². The highest BCUT2D eigenvalue weighted by atomic mass is 32.2. The SMILES string of the molecule is C[C@H]1NC(=O)C[C@@H](C=CCCSC(c2ccccc2)(c2ccccc2)c2ccccc2)OC(=O)C[C@H](O)[C@@H](Cc2ccccc2)NC(=O)[C@@H](CSC(c2ccccc2)(c2ccccc2)c2ccccc2)NC1=O. The molecule has 0 unspecified atom stereocenters. The third-order valence-corrected chi connectivity index (χ3v) is 16.3. The summed E-state index contributed by atoms with van der Waals surface area (Å²) in [6.45, 7) is 1.56. The van der Waals surface area contributed by atoms with Gasteiger partial charge < -0.3 is 25.8 Å². The van der Waals surface area contributed by atoms with Crippen molar-refractivity contribution in [3.8, 4) is 0 Å². The molecule has 0 aliphatic carbocycles. The highest BCUT2D eigenvalue weighted by molar-refractivity contribution is 8.00. The number of ether oxygens (including phenoxy) is 1. The predicted molar refractivity (Wildman–Crippen MR) is 294 cm³/mol. The number of hydrogen-bond donors (Lipinski definition) is 4. The second kappa shape index (κ2) is 25.5. The van der Waals surface area contributed by atoms with Gasteiger partial charge in [0.1, 0.15) is 18.2 Å². The van der Waals surface area contributed by atoms with E-state index in [1.807, 2.05) is 109 Å². The van der Waals surface area contributed by atoms with E-state index < -0.39 is 69.9 Å². The van der Waals surface area contributed by atoms with E-state index in [-0.39, 0.29) is 18.6 Å². The number of thioether (sulfide) groups is 2. The second-order valence-electron chi connectivity index (χ2n) is 18.1. The Hall–Kier alpha value is -7.18. The Bertz CT molecular complexity index is 2690. The summed E-state index contributed by atoms with van der Waals surface area (Å²) in [5, 5.41) is 20.7. The normalized spacial score (nSPS) is 19.4. The molecule has 1 aliphatic rings. The zero-order valence-electron chi connectivity index (χ0n) is 40.8. The van der Waals surface area contributed by atoms with Crippen LogP contribution in [0, 0.1) is 0 Å². The Morgan fingerprint density at radius 1 is 0.534 bits per heavy atom. The lowest BCUT2D eigenvalue weighted by atomic mass is 9.84. The van der Waals surface area contributed by atoms with Gasteiger partial charge >= 0.3 is 5.97 Å². The molecule has 3 amide bonds. The summed E-state index contributed by atoms with van der Waals surface area (Å²) in [6, 6.07) is 67.6. The molecule has 0 radical (unpaired) electrons. The third kappa shape index (κ3) is 13.1. The average molecular weight is 1010 g/mol. The van der Waals surface area contributed by atoms with Crippen LogP contribution in [0.4, 0.5) is 0 Å². The first kappa shape index (κ1) is 52.2. The maximum Gasteiger partial charge on any atom is 0.309 e. The Morgan fingerprint density at radius 3 is 1.38 bits per heavy atom. The van der Waals surface area contributed by atoms with Crippen LogP contribution in [0.5, 0.6) is 0 Å². The number of aliphatic hydroxyl groups is 1. The minimum absolute atomic E-state index is 0.0848. The summed E-state index contributed by atoms with van der Waals surface area (Å²) in [5.41, 5.74) is 7.15. The molecule has 1 saturated heterocycles. The van der Waals surface area contributed by atoms with Gasteiger partial charge in [-0.25, -0.2) is 0 Å². The van der Waals surface area contributed by atoms with Gasteiger partial charge in [0, 0.05) is 5.75 Å². The molecule has 11 heteroatoms. The summed E-state index contributed by atoms with van der Waals surface area (Å²) < 4.78 is 4.61. The molecule has 7 aromatic carbocycles. The van der Waals surface area contributed by atoms with Crippen molar-refractivity contribution in [1.82, 2.24) is 16.0 Å². The maximum absolute atomic E-state index is 14.8. The highest BCUT2D eigenvalue weighted by Crippen LogP contribution is 2.50. The average Bonchev–Trinajstić information content (AvgIpc) is 3.43. The fraction of sp³-hybridized carbons (Fsp3) is 0.226. The summed E-state index contributed by atoms with van der Waals surface area (Å²) in [4.78, 5) is 56.7. The number of carbonyl (C=O) groups excluding carboxylic acids is 4. The lowest BCUT2D eigenvalue weighted by molar-refractivity contribution is -0.151. The van der Waals surface area contributed by atoms with Crippen molar-refractivity contribution in [2.75, 3.05) is 11.5 Å². The largest absolute Gasteiger partial charge is 0.457 e. The third-order valence-electron chi connectivity index (χ3n) is 13.0. The first-order valence-corrected chi connectivity index (χ1v) is 26.7. The quantitative estimate of drug-likeness (QED) is 0.0326. The zero-order valence-corrected chi connectivity index (χ0v) is 42.4. The van der Waals surface area contributed by atoms with Gasteiger partial charge in [-0.15, -0.1) is 23.5 Å². The van der Waals surface area contributed by atoms with E-state index in [0.717, 1.165) is 38.9 Å². The number of benzene rings is 7. The standard InChI is InChI=1S/C62H61N3O6S2/c1-45-59(69)65-55(44-73-62(50-33-17-6-18-34-50,51-35-19-7-20-36-51)52-37-21-8-22-38-52)60(70)64-54(41-46-25-9-2-10-26-46)56(66)43-58(68)71-53(42-57(67)63-45)39-23-24-40-72-61(47-27-11-3-12-28-47,48-29-13-4-14-30-48)49-31-15-5-16-32-49/h2-23,25-39,45,53-56,66H,24,40-44H2,1H3,(H,63,67)(H,64,70)(H,65,69)/t45-,53-,54-,55-,56+/m1/s1. The van der Waals surface area contributed by atoms with E-state index >= 15 is 0 Å². The fourth-order valence-corrected chi connectivity index (χ4v) is 12.4. The molecule has 7 aromatic rings. The summed E-state index contributed by atoms with van der Waals surface area (Å²) in [7, 11) is 0. The molecule has 73 heavy (non-hydrogen) atoms. The number of aliphatic hydroxyl groups excluding tert-OH is 1. The number of esters is 1. The van der Waals surface area contributed by atoms with Gasteiger partial charge in [0.25, 0.3) is 0 Å². The van der Waals surface area contributed by atoms with Gasteiger partial charge in [0.2, 0.25) is 17.7 Å². The van der Waals surface area contributed by atoms with E-state index in [1.165, 1.54) is 11.8 Å². The van der Waals surface area contributed by atoms with Crippen LogP contribution < -0.4 is 16.0 Å². The molecule has 0 aromatic heterocycles. The van der Waals surface area contributed by atoms with Gasteiger partial charge in [-0.3, -0.25) is 19.2 Å². The number of nitrogens with one attached hydrogen (secondary N) is 3. The Kier molecular flexibility index (Phi) is 18.2. The van der Waals surface area contributed by atoms with Crippen LogP contribution in [-0.2, 0) is 39.8 Å². The van der Waals surface area contributed by atoms with Crippen LogP contribution in [-0.4, -0.2) is 70.6 Å². The smallest absolute Gasteiger partial charge is 0.309 e. The minimum Gasteiger partial charge on any atom is -0.457 e. The van der Waals surface area contributed by atoms with Crippen molar-refractivity contribution >= 4 is 47.2 Å². The first-order valence-electron chi connectivity index (χ1n) is 24.7. The van der Waals surface area contributed by atoms with E-state index in [0.29, 0.717) is 12.2 Å². The second-order valence-corrected chi connectivity index (χ2v) is 20.6. The number of cyclic esters (lactones) is 1. The van der Waals surface area contributed by atoms with Crippen molar-refractivity contribution in [2.24, 2.45) is 0 Å².